The third-order valence-corrected chi connectivity index (χ3v) is 4.86. The summed E-state index contributed by atoms with van der Waals surface area (Å²) in [5, 5.41) is 7.47. The highest BCUT2D eigenvalue weighted by atomic mass is 15.0. The highest BCUT2D eigenvalue weighted by molar-refractivity contribution is 5.60. The number of benzene rings is 2. The summed E-state index contributed by atoms with van der Waals surface area (Å²) in [6.45, 7) is 8.90. The van der Waals surface area contributed by atoms with Gasteiger partial charge in [-0.05, 0) is 44.0 Å². The fourth-order valence-electron chi connectivity index (χ4n) is 3.43. The van der Waals surface area contributed by atoms with Gasteiger partial charge >= 0.3 is 0 Å². The van der Waals surface area contributed by atoms with E-state index in [2.05, 4.69) is 80.8 Å². The second-order valence-electron chi connectivity index (χ2n) is 6.60. The predicted molar refractivity (Wildman–Crippen MR) is 95.6 cm³/mol. The van der Waals surface area contributed by atoms with Crippen LogP contribution in [0.3, 0.4) is 0 Å². The van der Waals surface area contributed by atoms with E-state index in [1.165, 1.54) is 28.1 Å². The molecule has 0 radical (unpaired) electrons. The van der Waals surface area contributed by atoms with Gasteiger partial charge in [0.15, 0.2) is 0 Å². The van der Waals surface area contributed by atoms with Gasteiger partial charge in [-0.15, -0.1) is 0 Å². The molecule has 1 heterocycles. The summed E-state index contributed by atoms with van der Waals surface area (Å²) < 4.78 is 0. The van der Waals surface area contributed by atoms with Gasteiger partial charge in [-0.1, -0.05) is 49.2 Å². The predicted octanol–water partition coefficient (Wildman–Crippen LogP) is 5.30. The Bertz CT molecular complexity index is 645. The summed E-state index contributed by atoms with van der Waals surface area (Å²) >= 11 is 0. The highest BCUT2D eigenvalue weighted by Gasteiger charge is 2.32. The van der Waals surface area contributed by atoms with Gasteiger partial charge in [0.2, 0.25) is 0 Å². The number of aryl methyl sites for hydroxylation is 2. The first-order valence-corrected chi connectivity index (χ1v) is 8.28. The van der Waals surface area contributed by atoms with Gasteiger partial charge in [-0.2, -0.15) is 0 Å². The third kappa shape index (κ3) is 2.83. The van der Waals surface area contributed by atoms with E-state index in [0.29, 0.717) is 18.0 Å². The van der Waals surface area contributed by atoms with Crippen LogP contribution in [0, 0.1) is 19.8 Å². The molecule has 1 aliphatic heterocycles. The summed E-state index contributed by atoms with van der Waals surface area (Å²) in [5.74, 6) is 0.542. The minimum Gasteiger partial charge on any atom is -0.382 e. The molecule has 3 rings (SSSR count). The standard InChI is InChI=1S/C20H26N2/c1-5-18-15(4)20(21-16-9-6-13(2)7-10-16)17-12-14(3)8-11-19(17)22-18/h6-12,15,18,20-22H,5H2,1-4H3/t15-,18-,20+/m0/s1. The lowest BCUT2D eigenvalue weighted by atomic mass is 9.82. The van der Waals surface area contributed by atoms with Crippen LogP contribution in [-0.4, -0.2) is 6.04 Å². The van der Waals surface area contributed by atoms with Crippen molar-refractivity contribution in [1.82, 2.24) is 0 Å². The Morgan fingerprint density at radius 2 is 1.68 bits per heavy atom. The maximum absolute atomic E-state index is 3.77. The van der Waals surface area contributed by atoms with Crippen molar-refractivity contribution < 1.29 is 0 Å². The molecule has 0 aromatic heterocycles. The van der Waals surface area contributed by atoms with Crippen molar-refractivity contribution in [3.8, 4) is 0 Å². The summed E-state index contributed by atoms with van der Waals surface area (Å²) in [6.07, 6.45) is 1.14. The molecular weight excluding hydrogens is 268 g/mol. The van der Waals surface area contributed by atoms with Crippen LogP contribution in [0.4, 0.5) is 11.4 Å². The summed E-state index contributed by atoms with van der Waals surface area (Å²) in [4.78, 5) is 0. The minimum atomic E-state index is 0.351. The quantitative estimate of drug-likeness (QED) is 0.803. The van der Waals surface area contributed by atoms with E-state index in [4.69, 9.17) is 0 Å². The molecule has 0 amide bonds. The lowest BCUT2D eigenvalue weighted by Crippen LogP contribution is -2.38. The zero-order valence-corrected chi connectivity index (χ0v) is 14.0. The van der Waals surface area contributed by atoms with Crippen LogP contribution < -0.4 is 10.6 Å². The molecular formula is C20H26N2. The molecule has 0 unspecified atom stereocenters. The number of nitrogens with one attached hydrogen (secondary N) is 2. The van der Waals surface area contributed by atoms with E-state index in [-0.39, 0.29) is 0 Å². The maximum atomic E-state index is 3.77. The van der Waals surface area contributed by atoms with Gasteiger partial charge < -0.3 is 10.6 Å². The fraction of sp³-hybridized carbons (Fsp3) is 0.400. The normalized spacial score (nSPS) is 23.5. The Hall–Kier alpha value is -1.96. The highest BCUT2D eigenvalue weighted by Crippen LogP contribution is 2.40. The largest absolute Gasteiger partial charge is 0.382 e. The Balaban J connectivity index is 1.96. The van der Waals surface area contributed by atoms with Crippen LogP contribution in [0.15, 0.2) is 42.5 Å². The van der Waals surface area contributed by atoms with Crippen LogP contribution in [0.2, 0.25) is 0 Å². The molecule has 0 bridgehead atoms. The molecule has 0 aliphatic carbocycles. The van der Waals surface area contributed by atoms with Gasteiger partial charge in [0.1, 0.15) is 0 Å². The Morgan fingerprint density at radius 3 is 2.36 bits per heavy atom. The second-order valence-corrected chi connectivity index (χ2v) is 6.60. The molecule has 2 aromatic rings. The molecule has 0 fully saturated rings. The zero-order valence-electron chi connectivity index (χ0n) is 14.0. The summed E-state index contributed by atoms with van der Waals surface area (Å²) in [5.41, 5.74) is 6.48. The number of rotatable bonds is 3. The van der Waals surface area contributed by atoms with E-state index in [0.717, 1.165) is 6.42 Å². The van der Waals surface area contributed by atoms with Gasteiger partial charge in [0.25, 0.3) is 0 Å². The summed E-state index contributed by atoms with van der Waals surface area (Å²) in [7, 11) is 0. The lowest BCUT2D eigenvalue weighted by molar-refractivity contribution is 0.400. The van der Waals surface area contributed by atoms with Crippen LogP contribution >= 0.6 is 0 Å². The van der Waals surface area contributed by atoms with Gasteiger partial charge in [0, 0.05) is 23.3 Å². The summed E-state index contributed by atoms with van der Waals surface area (Å²) in [6, 6.07) is 16.3. The second kappa shape index (κ2) is 6.04. The first-order chi connectivity index (χ1) is 10.6. The van der Waals surface area contributed by atoms with Crippen LogP contribution in [0.25, 0.3) is 0 Å². The van der Waals surface area contributed by atoms with Crippen LogP contribution in [0.5, 0.6) is 0 Å². The van der Waals surface area contributed by atoms with Crippen LogP contribution in [-0.2, 0) is 0 Å². The average Bonchev–Trinajstić information content (AvgIpc) is 2.52. The van der Waals surface area contributed by atoms with Gasteiger partial charge in [-0.3, -0.25) is 0 Å². The average molecular weight is 294 g/mol. The smallest absolute Gasteiger partial charge is 0.0579 e. The molecule has 0 saturated heterocycles. The molecule has 2 nitrogen and oxygen atoms in total. The molecule has 2 heteroatoms. The van der Waals surface area contributed by atoms with Crippen molar-refractivity contribution in [2.75, 3.05) is 10.6 Å². The SMILES string of the molecule is CC[C@@H]1Nc2ccc(C)cc2[C@H](Nc2ccc(C)cc2)[C@H]1C. The Labute approximate surface area is 134 Å². The minimum absolute atomic E-state index is 0.351. The molecule has 2 aromatic carbocycles. The topological polar surface area (TPSA) is 24.1 Å². The maximum Gasteiger partial charge on any atom is 0.0579 e. The molecule has 2 N–H and O–H groups in total. The molecule has 3 atom stereocenters. The Morgan fingerprint density at radius 1 is 1.00 bits per heavy atom. The van der Waals surface area contributed by atoms with E-state index >= 15 is 0 Å². The number of hydrogen-bond acceptors (Lipinski definition) is 2. The third-order valence-electron chi connectivity index (χ3n) is 4.86. The first-order valence-electron chi connectivity index (χ1n) is 8.28. The molecule has 22 heavy (non-hydrogen) atoms. The fourth-order valence-corrected chi connectivity index (χ4v) is 3.43. The van der Waals surface area contributed by atoms with Gasteiger partial charge in [-0.25, -0.2) is 0 Å². The number of anilines is 2. The molecule has 116 valence electrons. The van der Waals surface area contributed by atoms with E-state index in [1.807, 2.05) is 0 Å². The van der Waals surface area contributed by atoms with Crippen LogP contribution in [0.1, 0.15) is 43.0 Å². The van der Waals surface area contributed by atoms with Gasteiger partial charge in [0.05, 0.1) is 6.04 Å². The van der Waals surface area contributed by atoms with Crippen molar-refractivity contribution in [3.63, 3.8) is 0 Å². The van der Waals surface area contributed by atoms with Crippen molar-refractivity contribution in [2.45, 2.75) is 46.2 Å². The van der Waals surface area contributed by atoms with E-state index < -0.39 is 0 Å². The van der Waals surface area contributed by atoms with Crippen molar-refractivity contribution in [1.29, 1.82) is 0 Å². The number of hydrogen-bond donors (Lipinski definition) is 2. The molecule has 1 aliphatic rings. The van der Waals surface area contributed by atoms with Crippen molar-refractivity contribution >= 4 is 11.4 Å². The molecule has 0 spiro atoms. The Kier molecular flexibility index (Phi) is 4.10. The lowest BCUT2D eigenvalue weighted by Gasteiger charge is -2.39. The molecule has 0 saturated carbocycles. The van der Waals surface area contributed by atoms with E-state index in [9.17, 15) is 0 Å². The monoisotopic (exact) mass is 294 g/mol. The van der Waals surface area contributed by atoms with Crippen molar-refractivity contribution in [3.05, 3.63) is 59.2 Å². The van der Waals surface area contributed by atoms with Crippen molar-refractivity contribution in [2.24, 2.45) is 5.92 Å². The van der Waals surface area contributed by atoms with E-state index in [1.54, 1.807) is 0 Å². The number of fused-ring (bicyclic) bond motifs is 1. The zero-order chi connectivity index (χ0) is 15.7. The first kappa shape index (κ1) is 15.0.